The molecule has 2 aliphatic heterocycles. The van der Waals surface area contributed by atoms with E-state index < -0.39 is 0 Å². The lowest BCUT2D eigenvalue weighted by atomic mass is 10.1. The zero-order valence-electron chi connectivity index (χ0n) is 11.9. The number of ether oxygens (including phenoxy) is 1. The Morgan fingerprint density at radius 1 is 1.58 bits per heavy atom. The molecule has 1 N–H and O–H groups in total. The van der Waals surface area contributed by atoms with E-state index in [-0.39, 0.29) is 0 Å². The minimum absolute atomic E-state index is 0.358. The van der Waals surface area contributed by atoms with Gasteiger partial charge in [0.05, 0.1) is 12.7 Å². The average Bonchev–Trinajstić information content (AvgIpc) is 3.03. The third-order valence-electron chi connectivity index (χ3n) is 4.41. The van der Waals surface area contributed by atoms with E-state index in [0.29, 0.717) is 18.2 Å². The van der Waals surface area contributed by atoms with Crippen LogP contribution in [0.1, 0.15) is 36.2 Å². The third-order valence-corrected chi connectivity index (χ3v) is 5.61. The van der Waals surface area contributed by atoms with Gasteiger partial charge in [-0.15, -0.1) is 11.3 Å². The second-order valence-corrected chi connectivity index (χ2v) is 6.79. The van der Waals surface area contributed by atoms with E-state index in [1.54, 1.807) is 0 Å². The van der Waals surface area contributed by atoms with Gasteiger partial charge in [-0.25, -0.2) is 0 Å². The average molecular weight is 280 g/mol. The molecule has 3 unspecified atom stereocenters. The summed E-state index contributed by atoms with van der Waals surface area (Å²) in [5.74, 6) is 0. The minimum Gasteiger partial charge on any atom is -0.374 e. The van der Waals surface area contributed by atoms with Crippen LogP contribution in [0.4, 0.5) is 0 Å². The molecule has 0 saturated carbocycles. The first-order valence-corrected chi connectivity index (χ1v) is 8.25. The summed E-state index contributed by atoms with van der Waals surface area (Å²) < 4.78 is 5.99. The lowest BCUT2D eigenvalue weighted by molar-refractivity contribution is -0.0477. The minimum atomic E-state index is 0.358. The molecule has 2 aliphatic rings. The molecule has 3 heterocycles. The van der Waals surface area contributed by atoms with Gasteiger partial charge in [-0.1, -0.05) is 0 Å². The van der Waals surface area contributed by atoms with Crippen LogP contribution in [0, 0.1) is 6.92 Å². The van der Waals surface area contributed by atoms with Crippen molar-refractivity contribution in [2.45, 2.75) is 44.9 Å². The standard InChI is InChI=1S/C15H24N2OS/c1-11-5-7-19-15(11)12(2)16-8-14-9-17-6-3-4-13(17)10-18-14/h5,7,12-14,16H,3-4,6,8-10H2,1-2H3. The van der Waals surface area contributed by atoms with Crippen LogP contribution in [-0.4, -0.2) is 43.3 Å². The summed E-state index contributed by atoms with van der Waals surface area (Å²) in [5.41, 5.74) is 1.40. The van der Waals surface area contributed by atoms with Gasteiger partial charge in [-0.2, -0.15) is 0 Å². The maximum atomic E-state index is 5.99. The summed E-state index contributed by atoms with van der Waals surface area (Å²) in [7, 11) is 0. The van der Waals surface area contributed by atoms with Gasteiger partial charge in [0.1, 0.15) is 0 Å². The van der Waals surface area contributed by atoms with Crippen molar-refractivity contribution in [2.75, 3.05) is 26.2 Å². The summed E-state index contributed by atoms with van der Waals surface area (Å²) in [6.07, 6.45) is 3.03. The molecule has 106 valence electrons. The molecule has 3 atom stereocenters. The summed E-state index contributed by atoms with van der Waals surface area (Å²) in [4.78, 5) is 4.06. The smallest absolute Gasteiger partial charge is 0.0827 e. The Morgan fingerprint density at radius 3 is 3.26 bits per heavy atom. The van der Waals surface area contributed by atoms with Crippen LogP contribution in [-0.2, 0) is 4.74 Å². The molecule has 3 nitrogen and oxygen atoms in total. The van der Waals surface area contributed by atoms with E-state index >= 15 is 0 Å². The monoisotopic (exact) mass is 280 g/mol. The van der Waals surface area contributed by atoms with E-state index in [2.05, 4.69) is 35.5 Å². The van der Waals surface area contributed by atoms with Gasteiger partial charge in [-0.3, -0.25) is 4.90 Å². The van der Waals surface area contributed by atoms with Crippen molar-refractivity contribution in [2.24, 2.45) is 0 Å². The van der Waals surface area contributed by atoms with Crippen LogP contribution in [0.15, 0.2) is 11.4 Å². The number of morpholine rings is 1. The van der Waals surface area contributed by atoms with Gasteiger partial charge in [0.2, 0.25) is 0 Å². The lowest BCUT2D eigenvalue weighted by Gasteiger charge is -2.35. The SMILES string of the molecule is Cc1ccsc1C(C)NCC1CN2CCCC2CO1. The molecule has 1 aromatic rings. The van der Waals surface area contributed by atoms with Crippen LogP contribution in [0.3, 0.4) is 0 Å². The molecule has 0 radical (unpaired) electrons. The summed E-state index contributed by atoms with van der Waals surface area (Å²) in [6, 6.07) is 3.33. The molecule has 0 bridgehead atoms. The van der Waals surface area contributed by atoms with Crippen molar-refractivity contribution in [3.05, 3.63) is 21.9 Å². The first-order valence-electron chi connectivity index (χ1n) is 7.37. The molecule has 1 aromatic heterocycles. The predicted molar refractivity (Wildman–Crippen MR) is 79.8 cm³/mol. The van der Waals surface area contributed by atoms with E-state index in [1.807, 2.05) is 11.3 Å². The molecule has 19 heavy (non-hydrogen) atoms. The van der Waals surface area contributed by atoms with Gasteiger partial charge in [0.15, 0.2) is 0 Å². The second kappa shape index (κ2) is 5.92. The highest BCUT2D eigenvalue weighted by atomic mass is 32.1. The largest absolute Gasteiger partial charge is 0.374 e. The highest BCUT2D eigenvalue weighted by Crippen LogP contribution is 2.25. The van der Waals surface area contributed by atoms with Gasteiger partial charge < -0.3 is 10.1 Å². The van der Waals surface area contributed by atoms with Crippen molar-refractivity contribution in [1.29, 1.82) is 0 Å². The predicted octanol–water partition coefficient (Wildman–Crippen LogP) is 2.57. The Morgan fingerprint density at radius 2 is 2.47 bits per heavy atom. The van der Waals surface area contributed by atoms with Crippen molar-refractivity contribution >= 4 is 11.3 Å². The van der Waals surface area contributed by atoms with Crippen LogP contribution < -0.4 is 5.32 Å². The Labute approximate surface area is 119 Å². The molecule has 0 aromatic carbocycles. The number of thiophene rings is 1. The molecule has 0 spiro atoms. The highest BCUT2D eigenvalue weighted by Gasteiger charge is 2.32. The molecule has 2 fully saturated rings. The molecular formula is C15H24N2OS. The number of nitrogens with zero attached hydrogens (tertiary/aromatic N) is 1. The normalized spacial score (nSPS) is 29.4. The lowest BCUT2D eigenvalue weighted by Crippen LogP contribution is -2.49. The molecule has 4 heteroatoms. The van der Waals surface area contributed by atoms with E-state index in [0.717, 1.165) is 19.7 Å². The van der Waals surface area contributed by atoms with Gasteiger partial charge in [-0.05, 0) is 50.2 Å². The van der Waals surface area contributed by atoms with Crippen molar-refractivity contribution in [1.82, 2.24) is 10.2 Å². The number of rotatable bonds is 4. The van der Waals surface area contributed by atoms with Crippen LogP contribution in [0.2, 0.25) is 0 Å². The molecule has 2 saturated heterocycles. The number of hydrogen-bond acceptors (Lipinski definition) is 4. The molecular weight excluding hydrogens is 256 g/mol. The topological polar surface area (TPSA) is 24.5 Å². The fourth-order valence-corrected chi connectivity index (χ4v) is 4.20. The second-order valence-electron chi connectivity index (χ2n) is 5.84. The number of hydrogen-bond donors (Lipinski definition) is 1. The first-order chi connectivity index (χ1) is 9.24. The van der Waals surface area contributed by atoms with Crippen molar-refractivity contribution < 1.29 is 4.74 Å². The Balaban J connectivity index is 1.48. The zero-order chi connectivity index (χ0) is 13.2. The fraction of sp³-hybridized carbons (Fsp3) is 0.733. The van der Waals surface area contributed by atoms with Crippen LogP contribution in [0.5, 0.6) is 0 Å². The molecule has 0 amide bonds. The van der Waals surface area contributed by atoms with E-state index in [9.17, 15) is 0 Å². The summed E-state index contributed by atoms with van der Waals surface area (Å²) >= 11 is 1.85. The summed E-state index contributed by atoms with van der Waals surface area (Å²) in [5, 5.41) is 5.81. The molecule has 0 aliphatic carbocycles. The van der Waals surface area contributed by atoms with Crippen LogP contribution >= 0.6 is 11.3 Å². The Kier molecular flexibility index (Phi) is 4.22. The highest BCUT2D eigenvalue weighted by molar-refractivity contribution is 7.10. The zero-order valence-corrected chi connectivity index (χ0v) is 12.7. The maximum Gasteiger partial charge on any atom is 0.0827 e. The van der Waals surface area contributed by atoms with Gasteiger partial charge in [0, 0.05) is 30.1 Å². The van der Waals surface area contributed by atoms with Crippen molar-refractivity contribution in [3.8, 4) is 0 Å². The number of fused-ring (bicyclic) bond motifs is 1. The van der Waals surface area contributed by atoms with Gasteiger partial charge in [0.25, 0.3) is 0 Å². The van der Waals surface area contributed by atoms with Crippen molar-refractivity contribution in [3.63, 3.8) is 0 Å². The van der Waals surface area contributed by atoms with E-state index in [4.69, 9.17) is 4.74 Å². The number of nitrogens with one attached hydrogen (secondary N) is 1. The first kappa shape index (κ1) is 13.6. The molecule has 3 rings (SSSR count). The third kappa shape index (κ3) is 3.02. The van der Waals surface area contributed by atoms with Crippen LogP contribution in [0.25, 0.3) is 0 Å². The maximum absolute atomic E-state index is 5.99. The number of aryl methyl sites for hydroxylation is 1. The quantitative estimate of drug-likeness (QED) is 0.917. The van der Waals surface area contributed by atoms with E-state index in [1.165, 1.54) is 29.8 Å². The Hall–Kier alpha value is -0.420. The summed E-state index contributed by atoms with van der Waals surface area (Å²) in [6.45, 7) is 8.70. The van der Waals surface area contributed by atoms with Gasteiger partial charge >= 0.3 is 0 Å². The Bertz CT molecular complexity index is 420. The fourth-order valence-electron chi connectivity index (χ4n) is 3.24.